The summed E-state index contributed by atoms with van der Waals surface area (Å²) < 4.78 is 0. The molecule has 0 saturated heterocycles. The molecule has 0 spiro atoms. The number of nitrogens with one attached hydrogen (secondary N) is 1. The molecule has 3 aromatic rings. The fourth-order valence-corrected chi connectivity index (χ4v) is 2.15. The van der Waals surface area contributed by atoms with Crippen LogP contribution in [0.5, 0.6) is 0 Å². The zero-order valence-corrected chi connectivity index (χ0v) is 11.0. The van der Waals surface area contributed by atoms with E-state index in [1.807, 2.05) is 19.4 Å². The highest BCUT2D eigenvalue weighted by Gasteiger charge is 2.01. The molecule has 94 valence electrons. The van der Waals surface area contributed by atoms with Crippen molar-refractivity contribution < 1.29 is 0 Å². The molecule has 3 nitrogen and oxygen atoms in total. The van der Waals surface area contributed by atoms with Crippen LogP contribution in [0.2, 0.25) is 0 Å². The second-order valence-corrected chi connectivity index (χ2v) is 4.61. The number of nitrogens with zero attached hydrogens (tertiary/aromatic N) is 2. The van der Waals surface area contributed by atoms with Gasteiger partial charge in [-0.25, -0.2) is 9.97 Å². The van der Waals surface area contributed by atoms with Gasteiger partial charge < -0.3 is 5.32 Å². The molecule has 0 amide bonds. The Morgan fingerprint density at radius 2 is 1.53 bits per heavy atom. The monoisotopic (exact) mass is 249 g/mol. The van der Waals surface area contributed by atoms with Crippen molar-refractivity contribution in [3.05, 3.63) is 54.4 Å². The van der Waals surface area contributed by atoms with Gasteiger partial charge in [-0.2, -0.15) is 0 Å². The van der Waals surface area contributed by atoms with Crippen LogP contribution < -0.4 is 5.32 Å². The van der Waals surface area contributed by atoms with Gasteiger partial charge in [0.15, 0.2) is 0 Å². The van der Waals surface area contributed by atoms with Gasteiger partial charge in [0, 0.05) is 25.0 Å². The number of benzene rings is 2. The van der Waals surface area contributed by atoms with Crippen LogP contribution in [-0.4, -0.2) is 17.0 Å². The Morgan fingerprint density at radius 1 is 0.842 bits per heavy atom. The Bertz CT molecular complexity index is 718. The summed E-state index contributed by atoms with van der Waals surface area (Å²) in [5.41, 5.74) is 3.45. The number of aromatic nitrogens is 2. The maximum atomic E-state index is 4.25. The van der Waals surface area contributed by atoms with E-state index in [0.717, 1.165) is 11.1 Å². The highest BCUT2D eigenvalue weighted by Crippen LogP contribution is 2.24. The summed E-state index contributed by atoms with van der Waals surface area (Å²) in [7, 11) is 1.81. The van der Waals surface area contributed by atoms with Crippen LogP contribution in [0.1, 0.15) is 5.56 Å². The van der Waals surface area contributed by atoms with E-state index in [9.17, 15) is 0 Å². The van der Waals surface area contributed by atoms with E-state index in [2.05, 4.69) is 58.6 Å². The lowest BCUT2D eigenvalue weighted by atomic mass is 10.0. The topological polar surface area (TPSA) is 37.8 Å². The molecular formula is C16H15N3. The first-order chi connectivity index (χ1) is 9.26. The minimum absolute atomic E-state index is 0.639. The highest BCUT2D eigenvalue weighted by atomic mass is 15.1. The zero-order valence-electron chi connectivity index (χ0n) is 11.0. The first-order valence-electron chi connectivity index (χ1n) is 6.27. The first-order valence-corrected chi connectivity index (χ1v) is 6.27. The molecule has 0 aliphatic carbocycles. The minimum Gasteiger partial charge on any atom is -0.357 e. The summed E-state index contributed by atoms with van der Waals surface area (Å²) in [6.07, 6.45) is 3.68. The van der Waals surface area contributed by atoms with Crippen molar-refractivity contribution in [3.63, 3.8) is 0 Å². The van der Waals surface area contributed by atoms with E-state index < -0.39 is 0 Å². The Kier molecular flexibility index (Phi) is 2.88. The molecule has 0 bridgehead atoms. The third-order valence-electron chi connectivity index (χ3n) is 3.20. The maximum absolute atomic E-state index is 4.25. The smallest absolute Gasteiger partial charge is 0.222 e. The van der Waals surface area contributed by atoms with E-state index in [4.69, 9.17) is 0 Å². The van der Waals surface area contributed by atoms with Crippen LogP contribution >= 0.6 is 0 Å². The zero-order chi connectivity index (χ0) is 13.2. The largest absolute Gasteiger partial charge is 0.357 e. The molecule has 0 atom stereocenters. The Labute approximate surface area is 112 Å². The maximum Gasteiger partial charge on any atom is 0.222 e. The average molecular weight is 249 g/mol. The first kappa shape index (κ1) is 11.7. The molecule has 0 radical (unpaired) electrons. The van der Waals surface area contributed by atoms with Crippen molar-refractivity contribution >= 4 is 16.7 Å². The van der Waals surface area contributed by atoms with Crippen LogP contribution in [0.15, 0.2) is 48.8 Å². The number of hydrogen-bond acceptors (Lipinski definition) is 3. The number of anilines is 1. The highest BCUT2D eigenvalue weighted by molar-refractivity contribution is 5.87. The van der Waals surface area contributed by atoms with E-state index in [1.54, 1.807) is 0 Å². The van der Waals surface area contributed by atoms with E-state index >= 15 is 0 Å². The molecule has 19 heavy (non-hydrogen) atoms. The van der Waals surface area contributed by atoms with Gasteiger partial charge in [0.2, 0.25) is 5.95 Å². The predicted molar refractivity (Wildman–Crippen MR) is 79.3 cm³/mol. The molecule has 0 unspecified atom stereocenters. The van der Waals surface area contributed by atoms with Gasteiger partial charge in [-0.05, 0) is 29.3 Å². The second-order valence-electron chi connectivity index (χ2n) is 4.61. The van der Waals surface area contributed by atoms with Crippen molar-refractivity contribution in [1.29, 1.82) is 0 Å². The number of fused-ring (bicyclic) bond motifs is 1. The molecule has 3 heteroatoms. The fourth-order valence-electron chi connectivity index (χ4n) is 2.15. The summed E-state index contributed by atoms with van der Waals surface area (Å²) in [6, 6.07) is 12.9. The average Bonchev–Trinajstić information content (AvgIpc) is 2.47. The lowest BCUT2D eigenvalue weighted by Gasteiger charge is -2.05. The summed E-state index contributed by atoms with van der Waals surface area (Å²) >= 11 is 0. The van der Waals surface area contributed by atoms with Gasteiger partial charge >= 0.3 is 0 Å². The number of hydrogen-bond donors (Lipinski definition) is 1. The SMILES string of the molecule is CNc1ncc(-c2ccc3cc(C)ccc3c2)cn1. The standard InChI is InChI=1S/C16H15N3/c1-11-3-4-13-8-14(6-5-12(13)7-11)15-9-18-16(17-2)19-10-15/h3-10H,1-2H3,(H,17,18,19). The Morgan fingerprint density at radius 3 is 2.26 bits per heavy atom. The van der Waals surface area contributed by atoms with Crippen LogP contribution in [0.4, 0.5) is 5.95 Å². The van der Waals surface area contributed by atoms with Crippen LogP contribution in [-0.2, 0) is 0 Å². The normalized spacial score (nSPS) is 10.6. The summed E-state index contributed by atoms with van der Waals surface area (Å²) in [4.78, 5) is 8.49. The third-order valence-corrected chi connectivity index (χ3v) is 3.20. The van der Waals surface area contributed by atoms with E-state index in [-0.39, 0.29) is 0 Å². The molecule has 1 aromatic heterocycles. The van der Waals surface area contributed by atoms with Crippen molar-refractivity contribution in [2.45, 2.75) is 6.92 Å². The van der Waals surface area contributed by atoms with E-state index in [0.29, 0.717) is 5.95 Å². The molecule has 2 aromatic carbocycles. The van der Waals surface area contributed by atoms with Gasteiger partial charge in [-0.3, -0.25) is 0 Å². The Hall–Kier alpha value is -2.42. The van der Waals surface area contributed by atoms with E-state index in [1.165, 1.54) is 16.3 Å². The predicted octanol–water partition coefficient (Wildman–Crippen LogP) is 3.65. The van der Waals surface area contributed by atoms with Gasteiger partial charge in [0.05, 0.1) is 0 Å². The van der Waals surface area contributed by atoms with Gasteiger partial charge in [-0.15, -0.1) is 0 Å². The van der Waals surface area contributed by atoms with Crippen molar-refractivity contribution in [1.82, 2.24) is 9.97 Å². The van der Waals surface area contributed by atoms with Gasteiger partial charge in [0.25, 0.3) is 0 Å². The molecule has 0 saturated carbocycles. The molecule has 0 aliphatic heterocycles. The molecular weight excluding hydrogens is 234 g/mol. The molecule has 1 N–H and O–H groups in total. The second kappa shape index (κ2) is 4.69. The van der Waals surface area contributed by atoms with Crippen LogP contribution in [0.25, 0.3) is 21.9 Å². The van der Waals surface area contributed by atoms with Crippen molar-refractivity contribution in [2.24, 2.45) is 0 Å². The molecule has 1 heterocycles. The van der Waals surface area contributed by atoms with Gasteiger partial charge in [-0.1, -0.05) is 35.9 Å². The van der Waals surface area contributed by atoms with Gasteiger partial charge in [0.1, 0.15) is 0 Å². The van der Waals surface area contributed by atoms with Crippen LogP contribution in [0.3, 0.4) is 0 Å². The van der Waals surface area contributed by atoms with Crippen LogP contribution in [0, 0.1) is 6.92 Å². The summed E-state index contributed by atoms with van der Waals surface area (Å²) in [6.45, 7) is 2.11. The fraction of sp³-hybridized carbons (Fsp3) is 0.125. The summed E-state index contributed by atoms with van der Waals surface area (Å²) in [5, 5.41) is 5.42. The quantitative estimate of drug-likeness (QED) is 0.753. The number of aryl methyl sites for hydroxylation is 1. The molecule has 3 rings (SSSR count). The number of rotatable bonds is 2. The molecule has 0 aliphatic rings. The third kappa shape index (κ3) is 2.27. The summed E-state index contributed by atoms with van der Waals surface area (Å²) in [5.74, 6) is 0.639. The Balaban J connectivity index is 2.06. The van der Waals surface area contributed by atoms with Crippen molar-refractivity contribution in [3.8, 4) is 11.1 Å². The lowest BCUT2D eigenvalue weighted by molar-refractivity contribution is 1.15. The minimum atomic E-state index is 0.639. The van der Waals surface area contributed by atoms with Crippen molar-refractivity contribution in [2.75, 3.05) is 12.4 Å². The lowest BCUT2D eigenvalue weighted by Crippen LogP contribution is -1.95. The molecule has 0 fully saturated rings.